The third kappa shape index (κ3) is 5.43. The highest BCUT2D eigenvalue weighted by molar-refractivity contribution is 5.95. The van der Waals surface area contributed by atoms with Crippen LogP contribution in [0.5, 0.6) is 5.75 Å². The number of rotatable bonds is 7. The molecule has 0 saturated carbocycles. The molecule has 116 valence electrons. The number of amides is 1. The fourth-order valence-electron chi connectivity index (χ4n) is 1.66. The van der Waals surface area contributed by atoms with Crippen molar-refractivity contribution in [1.29, 1.82) is 0 Å². The van der Waals surface area contributed by atoms with Gasteiger partial charge in [-0.25, -0.2) is 4.79 Å². The maximum absolute atomic E-state index is 11.7. The highest BCUT2D eigenvalue weighted by Gasteiger charge is 2.14. The van der Waals surface area contributed by atoms with Gasteiger partial charge in [-0.3, -0.25) is 4.79 Å². The van der Waals surface area contributed by atoms with Gasteiger partial charge in [-0.1, -0.05) is 0 Å². The molecule has 0 unspecified atom stereocenters. The molecular weight excluding hydrogens is 272 g/mol. The molecular formula is C15H22N2O4. The van der Waals surface area contributed by atoms with Gasteiger partial charge in [0.1, 0.15) is 5.75 Å². The van der Waals surface area contributed by atoms with Crippen LogP contribution < -0.4 is 15.8 Å². The zero-order chi connectivity index (χ0) is 15.8. The Morgan fingerprint density at radius 2 is 2.05 bits per heavy atom. The Morgan fingerprint density at radius 3 is 2.62 bits per heavy atom. The molecule has 0 spiro atoms. The highest BCUT2D eigenvalue weighted by atomic mass is 16.5. The second-order valence-electron chi connectivity index (χ2n) is 4.68. The molecule has 0 aromatic heterocycles. The first-order valence-electron chi connectivity index (χ1n) is 6.95. The van der Waals surface area contributed by atoms with E-state index >= 15 is 0 Å². The Balaban J connectivity index is 3.01. The van der Waals surface area contributed by atoms with Crippen molar-refractivity contribution in [1.82, 2.24) is 0 Å². The summed E-state index contributed by atoms with van der Waals surface area (Å²) in [6.45, 7) is 6.04. The van der Waals surface area contributed by atoms with Crippen molar-refractivity contribution in [2.75, 3.05) is 18.5 Å². The van der Waals surface area contributed by atoms with Crippen molar-refractivity contribution in [2.45, 2.75) is 33.3 Å². The van der Waals surface area contributed by atoms with Gasteiger partial charge < -0.3 is 20.5 Å². The van der Waals surface area contributed by atoms with Crippen LogP contribution in [0.3, 0.4) is 0 Å². The number of hydrogen-bond donors (Lipinski definition) is 2. The third-order valence-corrected chi connectivity index (χ3v) is 2.50. The van der Waals surface area contributed by atoms with Crippen molar-refractivity contribution < 1.29 is 19.1 Å². The second-order valence-corrected chi connectivity index (χ2v) is 4.68. The lowest BCUT2D eigenvalue weighted by Gasteiger charge is -2.16. The second kappa shape index (κ2) is 8.26. The zero-order valence-electron chi connectivity index (χ0n) is 12.6. The molecule has 1 rings (SSSR count). The van der Waals surface area contributed by atoms with E-state index in [1.54, 1.807) is 25.1 Å². The number of benzene rings is 1. The fourth-order valence-corrected chi connectivity index (χ4v) is 1.66. The number of nitrogens with two attached hydrogens (primary N) is 1. The summed E-state index contributed by atoms with van der Waals surface area (Å²) in [6.07, 6.45) is 0.133. The lowest BCUT2D eigenvalue weighted by atomic mass is 10.2. The summed E-state index contributed by atoms with van der Waals surface area (Å²) in [5.41, 5.74) is 6.23. The van der Waals surface area contributed by atoms with E-state index in [2.05, 4.69) is 5.32 Å². The normalized spacial score (nSPS) is 10.3. The number of carbonyl (C=O) groups excluding carboxylic acids is 2. The maximum Gasteiger partial charge on any atom is 0.338 e. The van der Waals surface area contributed by atoms with Gasteiger partial charge >= 0.3 is 5.97 Å². The maximum atomic E-state index is 11.7. The number of esters is 1. The molecule has 1 aromatic rings. The summed E-state index contributed by atoms with van der Waals surface area (Å²) in [5.74, 6) is -0.193. The third-order valence-electron chi connectivity index (χ3n) is 2.50. The predicted molar refractivity (Wildman–Crippen MR) is 80.5 cm³/mol. The van der Waals surface area contributed by atoms with E-state index in [9.17, 15) is 9.59 Å². The molecule has 0 aliphatic heterocycles. The minimum absolute atomic E-state index is 0.0902. The summed E-state index contributed by atoms with van der Waals surface area (Å²) in [4.78, 5) is 23.4. The van der Waals surface area contributed by atoms with Gasteiger partial charge in [0.2, 0.25) is 5.91 Å². The Morgan fingerprint density at radius 1 is 1.33 bits per heavy atom. The minimum atomic E-state index is -0.425. The molecule has 0 atom stereocenters. The van der Waals surface area contributed by atoms with Crippen LogP contribution in [0.1, 0.15) is 37.6 Å². The van der Waals surface area contributed by atoms with E-state index in [1.165, 1.54) is 0 Å². The van der Waals surface area contributed by atoms with Gasteiger partial charge in [-0.15, -0.1) is 0 Å². The number of nitrogens with one attached hydrogen (secondary N) is 1. The fraction of sp³-hybridized carbons (Fsp3) is 0.467. The smallest absolute Gasteiger partial charge is 0.338 e. The molecule has 0 heterocycles. The van der Waals surface area contributed by atoms with E-state index in [0.717, 1.165) is 0 Å². The van der Waals surface area contributed by atoms with Crippen LogP contribution in [-0.4, -0.2) is 31.1 Å². The Bertz CT molecular complexity index is 500. The summed E-state index contributed by atoms with van der Waals surface area (Å²) < 4.78 is 10.6. The van der Waals surface area contributed by atoms with Gasteiger partial charge in [0, 0.05) is 13.0 Å². The van der Waals surface area contributed by atoms with Crippen LogP contribution in [0, 0.1) is 0 Å². The van der Waals surface area contributed by atoms with Gasteiger partial charge in [-0.05, 0) is 39.0 Å². The van der Waals surface area contributed by atoms with Crippen molar-refractivity contribution in [3.8, 4) is 5.75 Å². The summed E-state index contributed by atoms with van der Waals surface area (Å²) in [7, 11) is 0. The topological polar surface area (TPSA) is 90.7 Å². The zero-order valence-corrected chi connectivity index (χ0v) is 12.6. The largest absolute Gasteiger partial charge is 0.489 e. The molecule has 0 aliphatic rings. The van der Waals surface area contributed by atoms with E-state index in [0.29, 0.717) is 23.6 Å². The molecule has 6 nitrogen and oxygen atoms in total. The monoisotopic (exact) mass is 294 g/mol. The SMILES string of the molecule is CCOC(=O)c1ccc(NC(=O)CCN)c(OC(C)C)c1. The quantitative estimate of drug-likeness (QED) is 0.750. The van der Waals surface area contributed by atoms with Crippen LogP contribution in [0.4, 0.5) is 5.69 Å². The Hall–Kier alpha value is -2.08. The Kier molecular flexibility index (Phi) is 6.68. The number of ether oxygens (including phenoxy) is 2. The average Bonchev–Trinajstić information content (AvgIpc) is 2.40. The minimum Gasteiger partial charge on any atom is -0.489 e. The van der Waals surface area contributed by atoms with E-state index < -0.39 is 5.97 Å². The predicted octanol–water partition coefficient (Wildman–Crippen LogP) is 1.94. The molecule has 0 bridgehead atoms. The van der Waals surface area contributed by atoms with Gasteiger partial charge in [0.25, 0.3) is 0 Å². The first-order valence-corrected chi connectivity index (χ1v) is 6.95. The first kappa shape index (κ1) is 17.0. The van der Waals surface area contributed by atoms with E-state index in [-0.39, 0.29) is 25.0 Å². The molecule has 21 heavy (non-hydrogen) atoms. The first-order chi connectivity index (χ1) is 9.97. The number of anilines is 1. The van der Waals surface area contributed by atoms with Gasteiger partial charge in [0.15, 0.2) is 0 Å². The molecule has 1 aromatic carbocycles. The van der Waals surface area contributed by atoms with E-state index in [1.807, 2.05) is 13.8 Å². The average molecular weight is 294 g/mol. The van der Waals surface area contributed by atoms with Gasteiger partial charge in [-0.2, -0.15) is 0 Å². The molecule has 6 heteroatoms. The molecule has 3 N–H and O–H groups in total. The standard InChI is InChI=1S/C15H22N2O4/c1-4-20-15(19)11-5-6-12(17-14(18)7-8-16)13(9-11)21-10(2)3/h5-6,9-10H,4,7-8,16H2,1-3H3,(H,17,18). The van der Waals surface area contributed by atoms with Crippen molar-refractivity contribution in [2.24, 2.45) is 5.73 Å². The van der Waals surface area contributed by atoms with Crippen LogP contribution >= 0.6 is 0 Å². The molecule has 0 aliphatic carbocycles. The summed E-state index contributed by atoms with van der Waals surface area (Å²) in [5, 5.41) is 2.72. The lowest BCUT2D eigenvalue weighted by Crippen LogP contribution is -2.18. The highest BCUT2D eigenvalue weighted by Crippen LogP contribution is 2.27. The van der Waals surface area contributed by atoms with Crippen molar-refractivity contribution >= 4 is 17.6 Å². The van der Waals surface area contributed by atoms with Crippen LogP contribution in [0.25, 0.3) is 0 Å². The molecule has 0 fully saturated rings. The Labute approximate surface area is 124 Å². The lowest BCUT2D eigenvalue weighted by molar-refractivity contribution is -0.116. The van der Waals surface area contributed by atoms with Crippen LogP contribution in [0.15, 0.2) is 18.2 Å². The van der Waals surface area contributed by atoms with Crippen LogP contribution in [0.2, 0.25) is 0 Å². The van der Waals surface area contributed by atoms with Crippen molar-refractivity contribution in [3.63, 3.8) is 0 Å². The summed E-state index contributed by atoms with van der Waals surface area (Å²) in [6, 6.07) is 4.78. The molecule has 1 amide bonds. The summed E-state index contributed by atoms with van der Waals surface area (Å²) >= 11 is 0. The molecule has 0 radical (unpaired) electrons. The van der Waals surface area contributed by atoms with Gasteiger partial charge in [0.05, 0.1) is 24.0 Å². The van der Waals surface area contributed by atoms with E-state index in [4.69, 9.17) is 15.2 Å². The number of hydrogen-bond acceptors (Lipinski definition) is 5. The number of carbonyl (C=O) groups is 2. The van der Waals surface area contributed by atoms with Crippen molar-refractivity contribution in [3.05, 3.63) is 23.8 Å². The van der Waals surface area contributed by atoms with Crippen LogP contribution in [-0.2, 0) is 9.53 Å². The molecule has 0 saturated heterocycles.